The Labute approximate surface area is 101 Å². The van der Waals surface area contributed by atoms with Gasteiger partial charge in [-0.25, -0.2) is 4.79 Å². The minimum atomic E-state index is -1.07. The van der Waals surface area contributed by atoms with Crippen molar-refractivity contribution >= 4 is 17.8 Å². The highest BCUT2D eigenvalue weighted by Crippen LogP contribution is 2.20. The monoisotopic (exact) mass is 257 g/mol. The van der Waals surface area contributed by atoms with Crippen molar-refractivity contribution in [2.75, 3.05) is 7.11 Å². The van der Waals surface area contributed by atoms with Crippen LogP contribution in [-0.4, -0.2) is 38.9 Å². The number of nitrogens with zero attached hydrogens (tertiary/aromatic N) is 3. The summed E-state index contributed by atoms with van der Waals surface area (Å²) < 4.78 is 5.46. The third-order valence-corrected chi connectivity index (χ3v) is 2.21. The van der Waals surface area contributed by atoms with Gasteiger partial charge in [0.1, 0.15) is 0 Å². The van der Waals surface area contributed by atoms with E-state index in [4.69, 9.17) is 5.11 Å². The van der Waals surface area contributed by atoms with Gasteiger partial charge in [0.2, 0.25) is 0 Å². The molecule has 0 spiro atoms. The average molecular weight is 257 g/mol. The number of ether oxygens (including phenoxy) is 1. The maximum absolute atomic E-state index is 11.3. The molecule has 0 aliphatic carbocycles. The van der Waals surface area contributed by atoms with Crippen molar-refractivity contribution in [1.82, 2.24) is 9.78 Å². The summed E-state index contributed by atoms with van der Waals surface area (Å²) in [5.41, 5.74) is -0.306. The van der Waals surface area contributed by atoms with E-state index in [2.05, 4.69) is 9.84 Å². The Hall–Kier alpha value is -2.45. The molecule has 1 N–H and O–H groups in total. The number of carboxylic acid groups (broad SMARTS) is 1. The quantitative estimate of drug-likeness (QED) is 0.465. The first kappa shape index (κ1) is 13.6. The summed E-state index contributed by atoms with van der Waals surface area (Å²) in [7, 11) is 1.09. The first-order valence-electron chi connectivity index (χ1n) is 4.90. The lowest BCUT2D eigenvalue weighted by Crippen LogP contribution is -2.11. The molecule has 0 bridgehead atoms. The van der Waals surface area contributed by atoms with Crippen molar-refractivity contribution in [3.8, 4) is 0 Å². The molecule has 1 heterocycles. The Morgan fingerprint density at radius 2 is 2.28 bits per heavy atom. The topological polar surface area (TPSA) is 125 Å². The zero-order valence-electron chi connectivity index (χ0n) is 9.69. The summed E-state index contributed by atoms with van der Waals surface area (Å²) in [6, 6.07) is -0.611. The smallest absolute Gasteiger partial charge is 0.404 e. The van der Waals surface area contributed by atoms with Gasteiger partial charge < -0.3 is 20.0 Å². The van der Waals surface area contributed by atoms with E-state index in [1.165, 1.54) is 6.92 Å². The second-order valence-corrected chi connectivity index (χ2v) is 3.54. The van der Waals surface area contributed by atoms with Crippen molar-refractivity contribution in [1.29, 1.82) is 0 Å². The van der Waals surface area contributed by atoms with Crippen LogP contribution in [0.3, 0.4) is 0 Å². The second-order valence-electron chi connectivity index (χ2n) is 3.54. The van der Waals surface area contributed by atoms with Crippen LogP contribution < -0.4 is 0 Å². The maximum Gasteiger partial charge on any atom is 0.404 e. The first-order chi connectivity index (χ1) is 8.36. The minimum absolute atomic E-state index is 0.264. The molecule has 1 aromatic heterocycles. The molecule has 98 valence electrons. The van der Waals surface area contributed by atoms with Crippen LogP contribution in [0, 0.1) is 10.1 Å². The summed E-state index contributed by atoms with van der Waals surface area (Å²) in [4.78, 5) is 31.7. The predicted molar refractivity (Wildman–Crippen MR) is 57.2 cm³/mol. The second kappa shape index (κ2) is 5.25. The van der Waals surface area contributed by atoms with Gasteiger partial charge in [-0.2, -0.15) is 4.68 Å². The van der Waals surface area contributed by atoms with Crippen LogP contribution in [0.15, 0.2) is 6.20 Å². The lowest BCUT2D eigenvalue weighted by Gasteiger charge is -2.03. The first-order valence-corrected chi connectivity index (χ1v) is 4.90. The molecule has 18 heavy (non-hydrogen) atoms. The fourth-order valence-electron chi connectivity index (χ4n) is 1.34. The third kappa shape index (κ3) is 2.81. The zero-order chi connectivity index (χ0) is 13.9. The maximum atomic E-state index is 11.3. The molecular formula is C9H11N3O6. The van der Waals surface area contributed by atoms with Gasteiger partial charge >= 0.3 is 17.8 Å². The molecule has 0 radical (unpaired) electrons. The van der Waals surface area contributed by atoms with Crippen LogP contribution in [-0.2, 0) is 9.53 Å². The van der Waals surface area contributed by atoms with Gasteiger partial charge in [0.25, 0.3) is 0 Å². The van der Waals surface area contributed by atoms with Gasteiger partial charge in [-0.15, -0.1) is 0 Å². The summed E-state index contributed by atoms with van der Waals surface area (Å²) >= 11 is 0. The molecule has 0 aliphatic rings. The molecule has 9 heteroatoms. The lowest BCUT2D eigenvalue weighted by atomic mass is 10.2. The molecular weight excluding hydrogens is 246 g/mol. The van der Waals surface area contributed by atoms with E-state index in [1.807, 2.05) is 0 Å². The van der Waals surface area contributed by atoms with Gasteiger partial charge in [-0.3, -0.25) is 4.79 Å². The van der Waals surface area contributed by atoms with E-state index in [-0.39, 0.29) is 12.0 Å². The highest BCUT2D eigenvalue weighted by atomic mass is 16.6. The SMILES string of the molecule is COC(=O)c1cn(C(C)CC(=O)O)nc1[N+](=O)[O-]. The van der Waals surface area contributed by atoms with E-state index in [0.717, 1.165) is 18.0 Å². The molecule has 0 aromatic carbocycles. The highest BCUT2D eigenvalue weighted by molar-refractivity contribution is 5.92. The van der Waals surface area contributed by atoms with Crippen LogP contribution >= 0.6 is 0 Å². The van der Waals surface area contributed by atoms with Crippen molar-refractivity contribution in [2.24, 2.45) is 0 Å². The number of methoxy groups -OCH3 is 1. The molecule has 1 unspecified atom stereocenters. The fourth-order valence-corrected chi connectivity index (χ4v) is 1.34. The van der Waals surface area contributed by atoms with Crippen molar-refractivity contribution < 1.29 is 24.4 Å². The number of carboxylic acids is 1. The van der Waals surface area contributed by atoms with Gasteiger partial charge in [0, 0.05) is 0 Å². The van der Waals surface area contributed by atoms with Crippen molar-refractivity contribution in [3.05, 3.63) is 21.9 Å². The molecule has 0 saturated heterocycles. The number of aliphatic carboxylic acids is 1. The minimum Gasteiger partial charge on any atom is -0.481 e. The molecule has 0 fully saturated rings. The fraction of sp³-hybridized carbons (Fsp3) is 0.444. The number of rotatable bonds is 5. The highest BCUT2D eigenvalue weighted by Gasteiger charge is 2.29. The predicted octanol–water partition coefficient (Wildman–Crippen LogP) is 0.614. The Morgan fingerprint density at radius 3 is 2.72 bits per heavy atom. The van der Waals surface area contributed by atoms with Crippen molar-refractivity contribution in [2.45, 2.75) is 19.4 Å². The molecule has 1 aromatic rings. The number of hydrogen-bond acceptors (Lipinski definition) is 6. The van der Waals surface area contributed by atoms with E-state index >= 15 is 0 Å². The number of carbonyl (C=O) groups is 2. The largest absolute Gasteiger partial charge is 0.481 e. The van der Waals surface area contributed by atoms with Crippen LogP contribution in [0.2, 0.25) is 0 Å². The van der Waals surface area contributed by atoms with Crippen molar-refractivity contribution in [3.63, 3.8) is 0 Å². The van der Waals surface area contributed by atoms with Crippen LogP contribution in [0.25, 0.3) is 0 Å². The molecule has 9 nitrogen and oxygen atoms in total. The van der Waals surface area contributed by atoms with Gasteiger partial charge in [-0.05, 0) is 11.8 Å². The van der Waals surface area contributed by atoms with E-state index in [0.29, 0.717) is 0 Å². The molecule has 0 saturated carbocycles. The standard InChI is InChI=1S/C9H11N3O6/c1-5(3-7(13)14)11-4-6(9(15)18-2)8(10-11)12(16)17/h4-5H,3H2,1-2H3,(H,13,14). The zero-order valence-corrected chi connectivity index (χ0v) is 9.69. The average Bonchev–Trinajstić information content (AvgIpc) is 2.71. The normalized spacial score (nSPS) is 11.9. The molecule has 1 atom stereocenters. The van der Waals surface area contributed by atoms with E-state index in [9.17, 15) is 19.7 Å². The third-order valence-electron chi connectivity index (χ3n) is 2.21. The Morgan fingerprint density at radius 1 is 1.67 bits per heavy atom. The Balaban J connectivity index is 3.13. The van der Waals surface area contributed by atoms with E-state index in [1.54, 1.807) is 0 Å². The summed E-state index contributed by atoms with van der Waals surface area (Å²) in [5, 5.41) is 22.9. The van der Waals surface area contributed by atoms with Crippen LogP contribution in [0.1, 0.15) is 29.7 Å². The summed E-state index contributed by atoms with van der Waals surface area (Å²) in [6.07, 6.45) is 0.844. The summed E-state index contributed by atoms with van der Waals surface area (Å²) in [6.45, 7) is 1.52. The summed E-state index contributed by atoms with van der Waals surface area (Å²) in [5.74, 6) is -2.62. The molecule has 0 amide bonds. The Kier molecular flexibility index (Phi) is 3.97. The molecule has 1 rings (SSSR count). The number of aromatic nitrogens is 2. The number of hydrogen-bond donors (Lipinski definition) is 1. The van der Waals surface area contributed by atoms with Crippen LogP contribution in [0.4, 0.5) is 5.82 Å². The lowest BCUT2D eigenvalue weighted by molar-refractivity contribution is -0.390. The van der Waals surface area contributed by atoms with Gasteiger partial charge in [-0.1, -0.05) is 0 Å². The molecule has 0 aliphatic heterocycles. The number of nitro groups is 1. The number of carbonyl (C=O) groups excluding carboxylic acids is 1. The number of esters is 1. The van der Waals surface area contributed by atoms with Gasteiger partial charge in [0.05, 0.1) is 30.9 Å². The van der Waals surface area contributed by atoms with E-state index < -0.39 is 28.7 Å². The van der Waals surface area contributed by atoms with Gasteiger partial charge in [0.15, 0.2) is 5.56 Å². The Bertz CT molecular complexity index is 494. The van der Waals surface area contributed by atoms with Crippen LogP contribution in [0.5, 0.6) is 0 Å².